The van der Waals surface area contributed by atoms with E-state index >= 15 is 0 Å². The van der Waals surface area contributed by atoms with Crippen molar-refractivity contribution in [3.63, 3.8) is 0 Å². The number of primary amides is 1. The summed E-state index contributed by atoms with van der Waals surface area (Å²) in [5, 5.41) is 0.358. The van der Waals surface area contributed by atoms with Gasteiger partial charge in [-0.25, -0.2) is 0 Å². The third kappa shape index (κ3) is 2.15. The Kier molecular flexibility index (Phi) is 2.37. The number of nitrogens with zero attached hydrogens (tertiary/aromatic N) is 2. The second-order valence-electron chi connectivity index (χ2n) is 1.87. The van der Waals surface area contributed by atoms with Gasteiger partial charge >= 0.3 is 0 Å². The van der Waals surface area contributed by atoms with E-state index in [0.29, 0.717) is 5.19 Å². The molecule has 1 aromatic heterocycles. The number of amides is 1. The molecule has 0 spiro atoms. The van der Waals surface area contributed by atoms with Gasteiger partial charge in [-0.1, -0.05) is 0 Å². The number of rotatable bonds is 3. The summed E-state index contributed by atoms with van der Waals surface area (Å²) in [5.41, 5.74) is 4.95. The molecule has 1 heterocycles. The Bertz CT molecular complexity index is 236. The summed E-state index contributed by atoms with van der Waals surface area (Å²) in [6.45, 7) is 1.56. The van der Waals surface area contributed by atoms with E-state index in [1.807, 2.05) is 0 Å². The Morgan fingerprint density at radius 1 is 1.91 bits per heavy atom. The van der Waals surface area contributed by atoms with Crippen molar-refractivity contribution in [1.29, 1.82) is 0 Å². The van der Waals surface area contributed by atoms with Crippen LogP contribution in [-0.2, 0) is 4.79 Å². The van der Waals surface area contributed by atoms with Crippen molar-refractivity contribution in [2.75, 3.05) is 0 Å². The highest BCUT2D eigenvalue weighted by Crippen LogP contribution is 2.11. The number of carbonyl (C=O) groups is 1. The predicted octanol–water partition coefficient (Wildman–Crippen LogP) is -0.209. The molecule has 6 heteroatoms. The van der Waals surface area contributed by atoms with Gasteiger partial charge in [-0.2, -0.15) is 9.36 Å². The number of hydrogen-bond donors (Lipinski definition) is 1. The van der Waals surface area contributed by atoms with Gasteiger partial charge in [-0.05, 0) is 6.92 Å². The van der Waals surface area contributed by atoms with Crippen LogP contribution in [-0.4, -0.2) is 21.4 Å². The molecule has 0 bridgehead atoms. The zero-order valence-corrected chi connectivity index (χ0v) is 6.67. The van der Waals surface area contributed by atoms with Crippen molar-refractivity contribution in [3.05, 3.63) is 6.33 Å². The van der Waals surface area contributed by atoms with E-state index in [1.54, 1.807) is 6.92 Å². The SMILES string of the molecule is CC(Oc1ncns1)C(N)=O. The summed E-state index contributed by atoms with van der Waals surface area (Å²) in [6, 6.07) is 0. The lowest BCUT2D eigenvalue weighted by Crippen LogP contribution is -2.30. The number of nitrogens with two attached hydrogens (primary N) is 1. The molecule has 0 aliphatic carbocycles. The Balaban J connectivity index is 2.50. The molecule has 1 rings (SSSR count). The predicted molar refractivity (Wildman–Crippen MR) is 39.2 cm³/mol. The van der Waals surface area contributed by atoms with Crippen molar-refractivity contribution in [2.45, 2.75) is 13.0 Å². The van der Waals surface area contributed by atoms with Gasteiger partial charge < -0.3 is 10.5 Å². The van der Waals surface area contributed by atoms with E-state index < -0.39 is 12.0 Å². The molecular formula is C5H7N3O2S. The average Bonchev–Trinajstić information content (AvgIpc) is 2.39. The van der Waals surface area contributed by atoms with Crippen LogP contribution in [0.15, 0.2) is 6.33 Å². The fraction of sp³-hybridized carbons (Fsp3) is 0.400. The highest BCUT2D eigenvalue weighted by Gasteiger charge is 2.11. The van der Waals surface area contributed by atoms with Crippen molar-refractivity contribution < 1.29 is 9.53 Å². The zero-order chi connectivity index (χ0) is 8.27. The molecule has 1 atom stereocenters. The van der Waals surface area contributed by atoms with Crippen molar-refractivity contribution >= 4 is 17.4 Å². The van der Waals surface area contributed by atoms with Crippen LogP contribution in [0, 0.1) is 0 Å². The fourth-order valence-corrected chi connectivity index (χ4v) is 0.890. The van der Waals surface area contributed by atoms with Gasteiger partial charge in [0.15, 0.2) is 6.10 Å². The number of ether oxygens (including phenoxy) is 1. The molecule has 0 aliphatic rings. The summed E-state index contributed by atoms with van der Waals surface area (Å²) in [6.07, 6.45) is 0.705. The Morgan fingerprint density at radius 3 is 3.09 bits per heavy atom. The van der Waals surface area contributed by atoms with Crippen molar-refractivity contribution in [2.24, 2.45) is 5.73 Å². The Labute approximate surface area is 67.4 Å². The summed E-state index contributed by atoms with van der Waals surface area (Å²) >= 11 is 1.08. The van der Waals surface area contributed by atoms with Crippen molar-refractivity contribution in [3.8, 4) is 5.19 Å². The molecular weight excluding hydrogens is 166 g/mol. The molecule has 0 aromatic carbocycles. The van der Waals surface area contributed by atoms with E-state index in [9.17, 15) is 4.79 Å². The molecule has 60 valence electrons. The number of aromatic nitrogens is 2. The van der Waals surface area contributed by atoms with Crippen LogP contribution in [0.1, 0.15) is 6.92 Å². The first-order valence-electron chi connectivity index (χ1n) is 2.93. The van der Waals surface area contributed by atoms with Crippen LogP contribution in [0.3, 0.4) is 0 Å². The van der Waals surface area contributed by atoms with Gasteiger partial charge in [0, 0.05) is 11.5 Å². The lowest BCUT2D eigenvalue weighted by atomic mass is 10.4. The summed E-state index contributed by atoms with van der Waals surface area (Å²) < 4.78 is 8.67. The molecule has 5 nitrogen and oxygen atoms in total. The van der Waals surface area contributed by atoms with Crippen LogP contribution in [0.25, 0.3) is 0 Å². The first-order valence-corrected chi connectivity index (χ1v) is 3.70. The summed E-state index contributed by atoms with van der Waals surface area (Å²) in [5.74, 6) is -0.514. The molecule has 11 heavy (non-hydrogen) atoms. The number of carbonyl (C=O) groups excluding carboxylic acids is 1. The van der Waals surface area contributed by atoms with Crippen LogP contribution < -0.4 is 10.5 Å². The highest BCUT2D eigenvalue weighted by molar-refractivity contribution is 7.07. The maximum Gasteiger partial charge on any atom is 0.293 e. The molecule has 1 aromatic rings. The lowest BCUT2D eigenvalue weighted by molar-refractivity contribution is -0.123. The van der Waals surface area contributed by atoms with Gasteiger partial charge in [-0.15, -0.1) is 0 Å². The smallest absolute Gasteiger partial charge is 0.293 e. The number of hydrogen-bond acceptors (Lipinski definition) is 5. The first-order chi connectivity index (χ1) is 5.20. The first kappa shape index (κ1) is 7.93. The van der Waals surface area contributed by atoms with Gasteiger partial charge in [-0.3, -0.25) is 4.79 Å². The molecule has 1 amide bonds. The molecule has 0 aliphatic heterocycles. The minimum absolute atomic E-state index is 0.358. The maximum absolute atomic E-state index is 10.5. The molecule has 0 saturated heterocycles. The fourth-order valence-electron chi connectivity index (χ4n) is 0.424. The van der Waals surface area contributed by atoms with Gasteiger partial charge in [0.2, 0.25) is 0 Å². The van der Waals surface area contributed by atoms with Crippen LogP contribution in [0.5, 0.6) is 5.19 Å². The molecule has 1 unspecified atom stereocenters. The average molecular weight is 173 g/mol. The van der Waals surface area contributed by atoms with E-state index in [-0.39, 0.29) is 0 Å². The second kappa shape index (κ2) is 3.29. The third-order valence-corrected chi connectivity index (χ3v) is 1.58. The van der Waals surface area contributed by atoms with E-state index in [0.717, 1.165) is 11.5 Å². The largest absolute Gasteiger partial charge is 0.456 e. The van der Waals surface area contributed by atoms with E-state index in [4.69, 9.17) is 10.5 Å². The van der Waals surface area contributed by atoms with Gasteiger partial charge in [0.25, 0.3) is 11.1 Å². The summed E-state index contributed by atoms with van der Waals surface area (Å²) in [4.78, 5) is 14.2. The van der Waals surface area contributed by atoms with Crippen molar-refractivity contribution in [1.82, 2.24) is 9.36 Å². The zero-order valence-electron chi connectivity index (χ0n) is 5.85. The maximum atomic E-state index is 10.5. The highest BCUT2D eigenvalue weighted by atomic mass is 32.1. The molecule has 0 saturated carbocycles. The third-order valence-electron chi connectivity index (χ3n) is 1.02. The Hall–Kier alpha value is -1.17. The lowest BCUT2D eigenvalue weighted by Gasteiger charge is -2.05. The van der Waals surface area contributed by atoms with E-state index in [2.05, 4.69) is 9.36 Å². The quantitative estimate of drug-likeness (QED) is 0.686. The molecule has 0 radical (unpaired) electrons. The minimum Gasteiger partial charge on any atom is -0.456 e. The Morgan fingerprint density at radius 2 is 2.64 bits per heavy atom. The van der Waals surface area contributed by atoms with Crippen LogP contribution >= 0.6 is 11.5 Å². The second-order valence-corrected chi connectivity index (χ2v) is 2.61. The van der Waals surface area contributed by atoms with Crippen LogP contribution in [0.2, 0.25) is 0 Å². The minimum atomic E-state index is -0.650. The van der Waals surface area contributed by atoms with Gasteiger partial charge in [0.05, 0.1) is 0 Å². The molecule has 0 fully saturated rings. The van der Waals surface area contributed by atoms with Gasteiger partial charge in [0.1, 0.15) is 6.33 Å². The normalized spacial score (nSPS) is 12.5. The van der Waals surface area contributed by atoms with Crippen LogP contribution in [0.4, 0.5) is 0 Å². The standard InChI is InChI=1S/C5H7N3O2S/c1-3(4(6)9)10-5-7-2-8-11-5/h2-3H,1H3,(H2,6,9). The monoisotopic (exact) mass is 173 g/mol. The summed E-state index contributed by atoms with van der Waals surface area (Å²) in [7, 11) is 0. The van der Waals surface area contributed by atoms with E-state index in [1.165, 1.54) is 6.33 Å². The molecule has 2 N–H and O–H groups in total. The topological polar surface area (TPSA) is 78.1 Å².